The minimum atomic E-state index is -0.177. The smallest absolute Gasteiger partial charge is 0.278 e. The van der Waals surface area contributed by atoms with E-state index in [4.69, 9.17) is 4.74 Å². The van der Waals surface area contributed by atoms with Gasteiger partial charge in [-0.05, 0) is 48.4 Å². The zero-order valence-corrected chi connectivity index (χ0v) is 13.5. The molecule has 2 aromatic heterocycles. The van der Waals surface area contributed by atoms with E-state index in [9.17, 15) is 4.79 Å². The quantitative estimate of drug-likeness (QED) is 0.614. The van der Waals surface area contributed by atoms with E-state index >= 15 is 0 Å². The van der Waals surface area contributed by atoms with E-state index in [1.165, 1.54) is 17.5 Å². The van der Waals surface area contributed by atoms with Gasteiger partial charge in [-0.2, -0.15) is 0 Å². The predicted octanol–water partition coefficient (Wildman–Crippen LogP) is -0.844. The first kappa shape index (κ1) is 16.3. The lowest BCUT2D eigenvalue weighted by Crippen LogP contribution is -2.32. The minimum absolute atomic E-state index is 0.0840. The Hall–Kier alpha value is -2.56. The lowest BCUT2D eigenvalue weighted by Gasteiger charge is -2.13. The third kappa shape index (κ3) is 4.25. The molecule has 1 saturated heterocycles. The van der Waals surface area contributed by atoms with Crippen LogP contribution in [0.15, 0.2) is 4.63 Å². The van der Waals surface area contributed by atoms with E-state index in [-0.39, 0.29) is 19.1 Å². The number of tetrazole rings is 1. The van der Waals surface area contributed by atoms with Gasteiger partial charge in [-0.25, -0.2) is 9.31 Å². The van der Waals surface area contributed by atoms with Crippen LogP contribution in [0, 0.1) is 6.92 Å². The summed E-state index contributed by atoms with van der Waals surface area (Å²) in [5.41, 5.74) is 0.571. The monoisotopic (exact) mass is 336 g/mol. The largest absolute Gasteiger partial charge is 0.472 e. The molecular formula is C13H20N8O3. The maximum Gasteiger partial charge on any atom is 0.278 e. The summed E-state index contributed by atoms with van der Waals surface area (Å²) in [6.07, 6.45) is 2.39. The number of likely N-dealkylation sites (tertiary alicyclic amines) is 1. The Morgan fingerprint density at radius 3 is 2.92 bits per heavy atom. The van der Waals surface area contributed by atoms with Crippen LogP contribution in [0.4, 0.5) is 0 Å². The van der Waals surface area contributed by atoms with Crippen LogP contribution < -0.4 is 10.1 Å². The number of ether oxygens (including phenoxy) is 1. The van der Waals surface area contributed by atoms with E-state index in [1.54, 1.807) is 6.92 Å². The molecule has 0 aliphatic carbocycles. The van der Waals surface area contributed by atoms with Crippen LogP contribution in [0.5, 0.6) is 5.88 Å². The molecule has 0 saturated carbocycles. The highest BCUT2D eigenvalue weighted by Crippen LogP contribution is 2.11. The van der Waals surface area contributed by atoms with Crippen molar-refractivity contribution < 1.29 is 14.2 Å². The Labute approximate surface area is 138 Å². The van der Waals surface area contributed by atoms with Crippen molar-refractivity contribution in [2.45, 2.75) is 32.9 Å². The molecule has 1 amide bonds. The van der Waals surface area contributed by atoms with Crippen LogP contribution in [0.2, 0.25) is 0 Å². The van der Waals surface area contributed by atoms with E-state index in [1.807, 2.05) is 0 Å². The Kier molecular flexibility index (Phi) is 5.31. The topological polar surface area (TPSA) is 124 Å². The molecule has 2 aromatic rings. The maximum atomic E-state index is 12.0. The van der Waals surface area contributed by atoms with Gasteiger partial charge in [-0.1, -0.05) is 5.16 Å². The molecular weight excluding hydrogens is 316 g/mol. The fraction of sp³-hybridized carbons (Fsp3) is 0.692. The maximum absolute atomic E-state index is 12.0. The van der Waals surface area contributed by atoms with Crippen molar-refractivity contribution in [1.82, 2.24) is 40.7 Å². The highest BCUT2D eigenvalue weighted by atomic mass is 16.6. The molecule has 3 rings (SSSR count). The molecule has 11 heteroatoms. The highest BCUT2D eigenvalue weighted by molar-refractivity contribution is 5.75. The summed E-state index contributed by atoms with van der Waals surface area (Å²) < 4.78 is 11.4. The van der Waals surface area contributed by atoms with Crippen molar-refractivity contribution in [3.05, 3.63) is 11.5 Å². The molecule has 11 nitrogen and oxygen atoms in total. The molecule has 0 aromatic carbocycles. The van der Waals surface area contributed by atoms with Gasteiger partial charge in [0.2, 0.25) is 5.91 Å². The Bertz CT molecular complexity index is 664. The molecule has 1 fully saturated rings. The average molecular weight is 336 g/mol. The molecule has 0 spiro atoms. The van der Waals surface area contributed by atoms with E-state index in [2.05, 4.69) is 40.7 Å². The number of carbonyl (C=O) groups is 1. The molecule has 0 radical (unpaired) electrons. The number of aromatic nitrogens is 6. The first-order valence-electron chi connectivity index (χ1n) is 7.88. The first-order chi connectivity index (χ1) is 11.7. The van der Waals surface area contributed by atoms with Crippen LogP contribution in [0.1, 0.15) is 24.4 Å². The standard InChI is InChI=1S/C13H20N8O3/c1-10-13(17-24-16-10)23-7-4-14-12(22)9-21-11(15-18-19-21)8-20-5-2-3-6-20/h2-9H2,1H3,(H,14,22). The van der Waals surface area contributed by atoms with Gasteiger partial charge >= 0.3 is 0 Å². The summed E-state index contributed by atoms with van der Waals surface area (Å²) >= 11 is 0. The van der Waals surface area contributed by atoms with Crippen LogP contribution >= 0.6 is 0 Å². The van der Waals surface area contributed by atoms with Gasteiger partial charge in [-0.15, -0.1) is 5.10 Å². The third-order valence-corrected chi connectivity index (χ3v) is 3.74. The minimum Gasteiger partial charge on any atom is -0.472 e. The molecule has 3 heterocycles. The van der Waals surface area contributed by atoms with Gasteiger partial charge in [-0.3, -0.25) is 9.69 Å². The Morgan fingerprint density at radius 1 is 1.33 bits per heavy atom. The van der Waals surface area contributed by atoms with Gasteiger partial charge in [0.1, 0.15) is 18.8 Å². The number of rotatable bonds is 8. The summed E-state index contributed by atoms with van der Waals surface area (Å²) in [7, 11) is 0. The zero-order chi connectivity index (χ0) is 16.8. The number of nitrogens with zero attached hydrogens (tertiary/aromatic N) is 7. The molecule has 0 bridgehead atoms. The third-order valence-electron chi connectivity index (χ3n) is 3.74. The second-order valence-corrected chi connectivity index (χ2v) is 5.59. The van der Waals surface area contributed by atoms with Gasteiger partial charge in [0.05, 0.1) is 13.1 Å². The van der Waals surface area contributed by atoms with Crippen LogP contribution in [-0.4, -0.2) is 67.6 Å². The van der Waals surface area contributed by atoms with Crippen molar-refractivity contribution >= 4 is 5.91 Å². The summed E-state index contributed by atoms with van der Waals surface area (Å²) in [6, 6.07) is 0. The number of carbonyl (C=O) groups excluding carboxylic acids is 1. The van der Waals surface area contributed by atoms with Crippen molar-refractivity contribution in [3.63, 3.8) is 0 Å². The molecule has 1 aliphatic rings. The van der Waals surface area contributed by atoms with Crippen molar-refractivity contribution in [2.75, 3.05) is 26.2 Å². The van der Waals surface area contributed by atoms with Gasteiger partial charge < -0.3 is 10.1 Å². The molecule has 0 atom stereocenters. The van der Waals surface area contributed by atoms with Crippen LogP contribution in [0.25, 0.3) is 0 Å². The molecule has 1 aliphatic heterocycles. The van der Waals surface area contributed by atoms with Gasteiger partial charge in [0.15, 0.2) is 5.82 Å². The number of nitrogens with one attached hydrogen (secondary N) is 1. The first-order valence-corrected chi connectivity index (χ1v) is 7.88. The predicted molar refractivity (Wildman–Crippen MR) is 79.9 cm³/mol. The fourth-order valence-electron chi connectivity index (χ4n) is 2.48. The normalized spacial score (nSPS) is 14.9. The second-order valence-electron chi connectivity index (χ2n) is 5.59. The molecule has 0 unspecified atom stereocenters. The van der Waals surface area contributed by atoms with E-state index < -0.39 is 0 Å². The Balaban J connectivity index is 1.40. The summed E-state index contributed by atoms with van der Waals surface area (Å²) in [6.45, 7) is 5.19. The Morgan fingerprint density at radius 2 is 2.17 bits per heavy atom. The molecule has 24 heavy (non-hydrogen) atoms. The van der Waals surface area contributed by atoms with Crippen molar-refractivity contribution in [3.8, 4) is 5.88 Å². The van der Waals surface area contributed by atoms with Crippen molar-refractivity contribution in [2.24, 2.45) is 0 Å². The number of hydrogen-bond donors (Lipinski definition) is 1. The summed E-state index contributed by atoms with van der Waals surface area (Å²) in [5, 5.41) is 21.5. The highest BCUT2D eigenvalue weighted by Gasteiger charge is 2.17. The summed E-state index contributed by atoms with van der Waals surface area (Å²) in [5.74, 6) is 0.855. The lowest BCUT2D eigenvalue weighted by atomic mass is 10.4. The number of hydrogen-bond acceptors (Lipinski definition) is 9. The van der Waals surface area contributed by atoms with Crippen LogP contribution in [0.3, 0.4) is 0 Å². The average Bonchev–Trinajstić information content (AvgIpc) is 3.29. The van der Waals surface area contributed by atoms with E-state index in [0.29, 0.717) is 30.5 Å². The molecule has 130 valence electrons. The second kappa shape index (κ2) is 7.81. The van der Waals surface area contributed by atoms with Crippen molar-refractivity contribution in [1.29, 1.82) is 0 Å². The van der Waals surface area contributed by atoms with Gasteiger partial charge in [0, 0.05) is 0 Å². The summed E-state index contributed by atoms with van der Waals surface area (Å²) in [4.78, 5) is 14.3. The number of aryl methyl sites for hydroxylation is 1. The lowest BCUT2D eigenvalue weighted by molar-refractivity contribution is -0.122. The fourth-order valence-corrected chi connectivity index (χ4v) is 2.48. The zero-order valence-electron chi connectivity index (χ0n) is 13.5. The van der Waals surface area contributed by atoms with E-state index in [0.717, 1.165) is 13.1 Å². The van der Waals surface area contributed by atoms with Gasteiger partial charge in [0.25, 0.3) is 5.88 Å². The SMILES string of the molecule is Cc1nonc1OCCNC(=O)Cn1nnnc1CN1CCCC1. The van der Waals surface area contributed by atoms with Crippen LogP contribution in [-0.2, 0) is 17.9 Å². The molecule has 1 N–H and O–H groups in total. The number of amides is 1.